The van der Waals surface area contributed by atoms with Crippen LogP contribution in [0.2, 0.25) is 0 Å². The standard InChI is InChI=1S/C14H18N2S/c1-4-11-7-5-6-8-12(11)9(2)13-10(3)16-14(15)17-13/h5-9H,4H2,1-3H3,(H2,15,16). The van der Waals surface area contributed by atoms with Crippen molar-refractivity contribution in [3.63, 3.8) is 0 Å². The second kappa shape index (κ2) is 4.88. The Morgan fingerprint density at radius 3 is 2.65 bits per heavy atom. The van der Waals surface area contributed by atoms with Crippen LogP contribution in [0.3, 0.4) is 0 Å². The molecule has 0 aliphatic carbocycles. The third-order valence-corrected chi connectivity index (χ3v) is 4.31. The molecule has 0 saturated carbocycles. The summed E-state index contributed by atoms with van der Waals surface area (Å²) < 4.78 is 0. The van der Waals surface area contributed by atoms with Gasteiger partial charge in [0.25, 0.3) is 0 Å². The first-order valence-electron chi connectivity index (χ1n) is 5.94. The molecule has 0 saturated heterocycles. The number of hydrogen-bond acceptors (Lipinski definition) is 3. The molecule has 0 amide bonds. The van der Waals surface area contributed by atoms with E-state index >= 15 is 0 Å². The van der Waals surface area contributed by atoms with Gasteiger partial charge in [0.2, 0.25) is 0 Å². The normalized spacial score (nSPS) is 12.6. The summed E-state index contributed by atoms with van der Waals surface area (Å²) in [6.07, 6.45) is 1.06. The minimum Gasteiger partial charge on any atom is -0.375 e. The summed E-state index contributed by atoms with van der Waals surface area (Å²) in [7, 11) is 0. The minimum absolute atomic E-state index is 0.376. The van der Waals surface area contributed by atoms with E-state index in [1.807, 2.05) is 6.92 Å². The molecule has 2 rings (SSSR count). The number of aromatic nitrogens is 1. The zero-order valence-electron chi connectivity index (χ0n) is 10.5. The van der Waals surface area contributed by atoms with Gasteiger partial charge in [-0.05, 0) is 24.5 Å². The Morgan fingerprint density at radius 2 is 2.06 bits per heavy atom. The van der Waals surface area contributed by atoms with E-state index in [4.69, 9.17) is 5.73 Å². The fraction of sp³-hybridized carbons (Fsp3) is 0.357. The molecule has 0 aliphatic rings. The zero-order chi connectivity index (χ0) is 12.4. The van der Waals surface area contributed by atoms with Crippen LogP contribution in [-0.4, -0.2) is 4.98 Å². The van der Waals surface area contributed by atoms with E-state index in [0.717, 1.165) is 12.1 Å². The molecule has 1 heterocycles. The lowest BCUT2D eigenvalue weighted by Gasteiger charge is -2.14. The molecule has 2 aromatic rings. The highest BCUT2D eigenvalue weighted by molar-refractivity contribution is 7.15. The van der Waals surface area contributed by atoms with Gasteiger partial charge < -0.3 is 5.73 Å². The molecular weight excluding hydrogens is 228 g/mol. The summed E-state index contributed by atoms with van der Waals surface area (Å²) in [6.45, 7) is 6.46. The van der Waals surface area contributed by atoms with Crippen molar-refractivity contribution in [2.24, 2.45) is 0 Å². The smallest absolute Gasteiger partial charge is 0.180 e. The van der Waals surface area contributed by atoms with E-state index < -0.39 is 0 Å². The molecule has 1 aromatic carbocycles. The summed E-state index contributed by atoms with van der Waals surface area (Å²) in [4.78, 5) is 5.59. The van der Waals surface area contributed by atoms with Gasteiger partial charge in [0.1, 0.15) is 0 Å². The maximum atomic E-state index is 5.77. The molecule has 1 atom stereocenters. The third-order valence-electron chi connectivity index (χ3n) is 3.14. The molecule has 3 heteroatoms. The number of nitrogens with two attached hydrogens (primary N) is 1. The number of rotatable bonds is 3. The van der Waals surface area contributed by atoms with Gasteiger partial charge in [-0.25, -0.2) is 4.98 Å². The predicted molar refractivity (Wildman–Crippen MR) is 74.6 cm³/mol. The van der Waals surface area contributed by atoms with Crippen LogP contribution in [0.25, 0.3) is 0 Å². The highest BCUT2D eigenvalue weighted by Gasteiger charge is 2.17. The van der Waals surface area contributed by atoms with Crippen LogP contribution < -0.4 is 5.73 Å². The van der Waals surface area contributed by atoms with E-state index in [2.05, 4.69) is 43.1 Å². The fourth-order valence-electron chi connectivity index (χ4n) is 2.25. The Labute approximate surface area is 107 Å². The molecule has 0 radical (unpaired) electrons. The van der Waals surface area contributed by atoms with Crippen molar-refractivity contribution in [1.29, 1.82) is 0 Å². The molecule has 0 fully saturated rings. The Bertz CT molecular complexity index is 517. The number of anilines is 1. The van der Waals surface area contributed by atoms with Crippen molar-refractivity contribution in [2.75, 3.05) is 5.73 Å². The van der Waals surface area contributed by atoms with Gasteiger partial charge in [0.05, 0.1) is 5.69 Å². The van der Waals surface area contributed by atoms with E-state index in [1.54, 1.807) is 11.3 Å². The summed E-state index contributed by atoms with van der Waals surface area (Å²) >= 11 is 1.60. The van der Waals surface area contributed by atoms with Crippen LogP contribution in [0.15, 0.2) is 24.3 Å². The maximum absolute atomic E-state index is 5.77. The van der Waals surface area contributed by atoms with E-state index in [-0.39, 0.29) is 0 Å². The van der Waals surface area contributed by atoms with Crippen molar-refractivity contribution in [2.45, 2.75) is 33.1 Å². The highest BCUT2D eigenvalue weighted by atomic mass is 32.1. The van der Waals surface area contributed by atoms with Crippen LogP contribution >= 0.6 is 11.3 Å². The zero-order valence-corrected chi connectivity index (χ0v) is 11.3. The molecular formula is C14H18N2S. The number of aryl methyl sites for hydroxylation is 2. The van der Waals surface area contributed by atoms with Gasteiger partial charge in [0, 0.05) is 10.8 Å². The summed E-state index contributed by atoms with van der Waals surface area (Å²) in [5, 5.41) is 0.665. The monoisotopic (exact) mass is 246 g/mol. The lowest BCUT2D eigenvalue weighted by molar-refractivity contribution is 0.898. The van der Waals surface area contributed by atoms with Crippen molar-refractivity contribution < 1.29 is 0 Å². The van der Waals surface area contributed by atoms with Gasteiger partial charge in [0.15, 0.2) is 5.13 Å². The van der Waals surface area contributed by atoms with Crippen molar-refractivity contribution in [3.8, 4) is 0 Å². The van der Waals surface area contributed by atoms with E-state index in [0.29, 0.717) is 11.0 Å². The predicted octanol–water partition coefficient (Wildman–Crippen LogP) is 3.75. The van der Waals surface area contributed by atoms with Crippen LogP contribution in [0.5, 0.6) is 0 Å². The minimum atomic E-state index is 0.376. The lowest BCUT2D eigenvalue weighted by Crippen LogP contribution is -2.00. The van der Waals surface area contributed by atoms with Crippen molar-refractivity contribution in [1.82, 2.24) is 4.98 Å². The Morgan fingerprint density at radius 1 is 1.35 bits per heavy atom. The Hall–Kier alpha value is -1.35. The highest BCUT2D eigenvalue weighted by Crippen LogP contribution is 2.34. The quantitative estimate of drug-likeness (QED) is 0.895. The second-order valence-corrected chi connectivity index (χ2v) is 5.34. The molecule has 0 bridgehead atoms. The van der Waals surface area contributed by atoms with Crippen LogP contribution in [0.4, 0.5) is 5.13 Å². The van der Waals surface area contributed by atoms with Gasteiger partial charge in [-0.15, -0.1) is 11.3 Å². The molecule has 1 aromatic heterocycles. The van der Waals surface area contributed by atoms with Crippen LogP contribution in [0.1, 0.15) is 41.5 Å². The molecule has 2 nitrogen and oxygen atoms in total. The van der Waals surface area contributed by atoms with Gasteiger partial charge in [-0.2, -0.15) is 0 Å². The topological polar surface area (TPSA) is 38.9 Å². The Kier molecular flexibility index (Phi) is 3.48. The second-order valence-electron chi connectivity index (χ2n) is 4.28. The average Bonchev–Trinajstić information content (AvgIpc) is 2.67. The van der Waals surface area contributed by atoms with Crippen molar-refractivity contribution >= 4 is 16.5 Å². The summed E-state index contributed by atoms with van der Waals surface area (Å²) in [6, 6.07) is 8.61. The molecule has 0 aliphatic heterocycles. The van der Waals surface area contributed by atoms with Crippen LogP contribution in [0, 0.1) is 6.92 Å². The molecule has 2 N–H and O–H groups in total. The first-order chi connectivity index (χ1) is 8.13. The number of hydrogen-bond donors (Lipinski definition) is 1. The van der Waals surface area contributed by atoms with Crippen molar-refractivity contribution in [3.05, 3.63) is 46.0 Å². The first-order valence-corrected chi connectivity index (χ1v) is 6.75. The van der Waals surface area contributed by atoms with E-state index in [9.17, 15) is 0 Å². The molecule has 90 valence electrons. The summed E-state index contributed by atoms with van der Waals surface area (Å²) in [5.74, 6) is 0.376. The lowest BCUT2D eigenvalue weighted by atomic mass is 9.93. The average molecular weight is 246 g/mol. The number of nitrogens with zero attached hydrogens (tertiary/aromatic N) is 1. The van der Waals surface area contributed by atoms with Gasteiger partial charge in [-0.1, -0.05) is 38.1 Å². The SMILES string of the molecule is CCc1ccccc1C(C)c1sc(N)nc1C. The number of nitrogen functional groups attached to an aromatic ring is 1. The Balaban J connectivity index is 2.43. The molecule has 0 spiro atoms. The van der Waals surface area contributed by atoms with Gasteiger partial charge >= 0.3 is 0 Å². The molecule has 17 heavy (non-hydrogen) atoms. The van der Waals surface area contributed by atoms with Crippen LogP contribution in [-0.2, 0) is 6.42 Å². The maximum Gasteiger partial charge on any atom is 0.180 e. The van der Waals surface area contributed by atoms with Gasteiger partial charge in [-0.3, -0.25) is 0 Å². The summed E-state index contributed by atoms with van der Waals surface area (Å²) in [5.41, 5.74) is 9.63. The third kappa shape index (κ3) is 2.34. The fourth-order valence-corrected chi connectivity index (χ4v) is 3.16. The molecule has 1 unspecified atom stereocenters. The number of thiazole rings is 1. The largest absolute Gasteiger partial charge is 0.375 e. The number of benzene rings is 1. The first kappa shape index (κ1) is 12.1. The van der Waals surface area contributed by atoms with E-state index in [1.165, 1.54) is 16.0 Å².